The minimum absolute atomic E-state index is 0.103. The molecule has 2 atom stereocenters. The van der Waals surface area contributed by atoms with Crippen molar-refractivity contribution in [2.45, 2.75) is 45.1 Å². The molecule has 1 unspecified atom stereocenters. The molecule has 1 saturated heterocycles. The zero-order valence-corrected chi connectivity index (χ0v) is 10.9. The molecule has 2 aliphatic rings. The summed E-state index contributed by atoms with van der Waals surface area (Å²) in [5.74, 6) is -0.407. The third kappa shape index (κ3) is 3.62. The Balaban J connectivity index is 1.78. The summed E-state index contributed by atoms with van der Waals surface area (Å²) in [4.78, 5) is 24.6. The minimum Gasteiger partial charge on any atom is -0.481 e. The molecule has 2 amide bonds. The van der Waals surface area contributed by atoms with Gasteiger partial charge in [-0.05, 0) is 32.1 Å². The number of amides is 2. The van der Waals surface area contributed by atoms with Gasteiger partial charge >= 0.3 is 12.0 Å². The van der Waals surface area contributed by atoms with E-state index in [9.17, 15) is 9.59 Å². The van der Waals surface area contributed by atoms with E-state index in [-0.39, 0.29) is 12.1 Å². The summed E-state index contributed by atoms with van der Waals surface area (Å²) in [6, 6.07) is 0.0873. The first kappa shape index (κ1) is 13.2. The van der Waals surface area contributed by atoms with E-state index >= 15 is 0 Å². The van der Waals surface area contributed by atoms with Gasteiger partial charge in [-0.3, -0.25) is 4.79 Å². The average Bonchev–Trinajstić information content (AvgIpc) is 3.12. The summed E-state index contributed by atoms with van der Waals surface area (Å²) in [5.41, 5.74) is 0. The number of carboxylic acid groups (broad SMARTS) is 1. The van der Waals surface area contributed by atoms with Crippen LogP contribution in [0.5, 0.6) is 0 Å². The van der Waals surface area contributed by atoms with E-state index < -0.39 is 11.9 Å². The topological polar surface area (TPSA) is 69.6 Å². The summed E-state index contributed by atoms with van der Waals surface area (Å²) in [6.07, 6.45) is 5.07. The van der Waals surface area contributed by atoms with E-state index in [0.717, 1.165) is 18.8 Å². The highest BCUT2D eigenvalue weighted by Gasteiger charge is 2.29. The Labute approximate surface area is 108 Å². The fraction of sp³-hybridized carbons (Fsp3) is 0.846. The first-order valence-corrected chi connectivity index (χ1v) is 6.84. The second-order valence-electron chi connectivity index (χ2n) is 5.65. The number of nitrogens with zero attached hydrogens (tertiary/aromatic N) is 1. The molecule has 2 rings (SSSR count). The third-order valence-corrected chi connectivity index (χ3v) is 3.81. The molecule has 1 saturated carbocycles. The van der Waals surface area contributed by atoms with Crippen molar-refractivity contribution in [3.05, 3.63) is 0 Å². The molecule has 5 nitrogen and oxygen atoms in total. The molecule has 1 aliphatic carbocycles. The van der Waals surface area contributed by atoms with Crippen LogP contribution >= 0.6 is 0 Å². The highest BCUT2D eigenvalue weighted by atomic mass is 16.4. The second kappa shape index (κ2) is 5.59. The van der Waals surface area contributed by atoms with Crippen molar-refractivity contribution < 1.29 is 14.7 Å². The Morgan fingerprint density at radius 2 is 2.11 bits per heavy atom. The van der Waals surface area contributed by atoms with Crippen molar-refractivity contribution in [1.29, 1.82) is 0 Å². The van der Waals surface area contributed by atoms with Crippen LogP contribution in [0.2, 0.25) is 0 Å². The van der Waals surface area contributed by atoms with Crippen molar-refractivity contribution in [3.8, 4) is 0 Å². The molecule has 0 aromatic rings. The van der Waals surface area contributed by atoms with Gasteiger partial charge in [0.25, 0.3) is 0 Å². The van der Waals surface area contributed by atoms with Gasteiger partial charge in [0.15, 0.2) is 0 Å². The highest BCUT2D eigenvalue weighted by Crippen LogP contribution is 2.33. The number of carbonyl (C=O) groups excluding carboxylic acids is 1. The summed E-state index contributed by atoms with van der Waals surface area (Å²) in [7, 11) is 0. The predicted octanol–water partition coefficient (Wildman–Crippen LogP) is 1.68. The number of nitrogens with one attached hydrogen (secondary N) is 1. The van der Waals surface area contributed by atoms with Crippen LogP contribution in [0.4, 0.5) is 4.79 Å². The number of carboxylic acids is 1. The quantitative estimate of drug-likeness (QED) is 0.802. The van der Waals surface area contributed by atoms with Crippen LogP contribution in [-0.4, -0.2) is 41.1 Å². The van der Waals surface area contributed by atoms with Gasteiger partial charge in [0.1, 0.15) is 0 Å². The van der Waals surface area contributed by atoms with Crippen LogP contribution in [-0.2, 0) is 4.79 Å². The lowest BCUT2D eigenvalue weighted by Gasteiger charge is -2.31. The Kier molecular flexibility index (Phi) is 4.09. The molecular formula is C13H22N2O3. The lowest BCUT2D eigenvalue weighted by atomic mass is 9.99. The predicted molar refractivity (Wildman–Crippen MR) is 67.3 cm³/mol. The summed E-state index contributed by atoms with van der Waals surface area (Å²) in [5, 5.41) is 12.0. The number of piperidine rings is 1. The van der Waals surface area contributed by atoms with Crippen LogP contribution in [0.1, 0.15) is 39.0 Å². The molecule has 0 bridgehead atoms. The second-order valence-corrected chi connectivity index (χ2v) is 5.65. The molecular weight excluding hydrogens is 232 g/mol. The zero-order valence-electron chi connectivity index (χ0n) is 10.9. The number of likely N-dealkylation sites (tertiary alicyclic amines) is 1. The molecule has 5 heteroatoms. The molecule has 1 aliphatic heterocycles. The van der Waals surface area contributed by atoms with Gasteiger partial charge in [0.2, 0.25) is 0 Å². The Morgan fingerprint density at radius 3 is 2.72 bits per heavy atom. The van der Waals surface area contributed by atoms with Crippen molar-refractivity contribution in [2.24, 2.45) is 11.8 Å². The first-order valence-electron chi connectivity index (χ1n) is 6.84. The average molecular weight is 254 g/mol. The Bertz CT molecular complexity index is 328. The maximum Gasteiger partial charge on any atom is 0.317 e. The van der Waals surface area contributed by atoms with Gasteiger partial charge in [-0.25, -0.2) is 4.79 Å². The first-order chi connectivity index (χ1) is 8.56. The van der Waals surface area contributed by atoms with Crippen LogP contribution in [0.15, 0.2) is 0 Å². The largest absolute Gasteiger partial charge is 0.481 e. The molecule has 2 fully saturated rings. The van der Waals surface area contributed by atoms with Gasteiger partial charge in [-0.15, -0.1) is 0 Å². The van der Waals surface area contributed by atoms with Crippen molar-refractivity contribution in [3.63, 3.8) is 0 Å². The van der Waals surface area contributed by atoms with Gasteiger partial charge < -0.3 is 15.3 Å². The number of hydrogen-bond donors (Lipinski definition) is 2. The van der Waals surface area contributed by atoms with Crippen LogP contribution in [0.3, 0.4) is 0 Å². The summed E-state index contributed by atoms with van der Waals surface area (Å²) >= 11 is 0. The lowest BCUT2D eigenvalue weighted by Crippen LogP contribution is -2.49. The van der Waals surface area contributed by atoms with Crippen LogP contribution in [0.25, 0.3) is 0 Å². The van der Waals surface area contributed by atoms with Gasteiger partial charge in [-0.2, -0.15) is 0 Å². The fourth-order valence-electron chi connectivity index (χ4n) is 2.58. The normalized spacial score (nSPS) is 25.6. The van der Waals surface area contributed by atoms with Crippen molar-refractivity contribution in [1.82, 2.24) is 10.2 Å². The molecule has 18 heavy (non-hydrogen) atoms. The van der Waals surface area contributed by atoms with E-state index in [2.05, 4.69) is 5.32 Å². The molecule has 0 aromatic carbocycles. The Hall–Kier alpha value is -1.26. The summed E-state index contributed by atoms with van der Waals surface area (Å²) < 4.78 is 0. The molecule has 0 radical (unpaired) electrons. The molecule has 1 heterocycles. The lowest BCUT2D eigenvalue weighted by molar-refractivity contribution is -0.143. The minimum atomic E-state index is -0.793. The van der Waals surface area contributed by atoms with Gasteiger partial charge in [-0.1, -0.05) is 12.8 Å². The van der Waals surface area contributed by atoms with Crippen molar-refractivity contribution in [2.75, 3.05) is 13.1 Å². The van der Waals surface area contributed by atoms with E-state index in [4.69, 9.17) is 5.11 Å². The van der Waals surface area contributed by atoms with Crippen molar-refractivity contribution >= 4 is 12.0 Å². The zero-order chi connectivity index (χ0) is 13.1. The maximum atomic E-state index is 12.0. The van der Waals surface area contributed by atoms with Gasteiger partial charge in [0.05, 0.1) is 5.92 Å². The van der Waals surface area contributed by atoms with E-state index in [1.165, 1.54) is 12.8 Å². The fourth-order valence-corrected chi connectivity index (χ4v) is 2.58. The number of aliphatic carboxylic acids is 1. The maximum absolute atomic E-state index is 12.0. The monoisotopic (exact) mass is 254 g/mol. The van der Waals surface area contributed by atoms with Crippen LogP contribution in [0, 0.1) is 11.8 Å². The summed E-state index contributed by atoms with van der Waals surface area (Å²) in [6.45, 7) is 3.04. The number of rotatable bonds is 4. The number of carbonyl (C=O) groups is 2. The smallest absolute Gasteiger partial charge is 0.317 e. The molecule has 2 N–H and O–H groups in total. The van der Waals surface area contributed by atoms with E-state index in [1.807, 2.05) is 6.92 Å². The van der Waals surface area contributed by atoms with E-state index in [1.54, 1.807) is 4.90 Å². The highest BCUT2D eigenvalue weighted by molar-refractivity contribution is 5.76. The van der Waals surface area contributed by atoms with Crippen LogP contribution < -0.4 is 5.32 Å². The molecule has 0 spiro atoms. The standard InChI is InChI=1S/C13H22N2O3/c1-9(7-10-4-5-10)14-13(18)15-6-2-3-11(8-15)12(16)17/h9-11H,2-8H2,1H3,(H,14,18)(H,16,17)/t9?,11-/m0/s1. The SMILES string of the molecule is CC(CC1CC1)NC(=O)N1CCC[C@H](C(=O)O)C1. The van der Waals surface area contributed by atoms with Gasteiger partial charge in [0, 0.05) is 19.1 Å². The molecule has 102 valence electrons. The Morgan fingerprint density at radius 1 is 1.39 bits per heavy atom. The number of urea groups is 1. The molecule has 0 aromatic heterocycles. The van der Waals surface area contributed by atoms with E-state index in [0.29, 0.717) is 19.5 Å². The third-order valence-electron chi connectivity index (χ3n) is 3.81. The number of hydrogen-bond acceptors (Lipinski definition) is 2.